The zero-order valence-electron chi connectivity index (χ0n) is 11.3. The van der Waals surface area contributed by atoms with Crippen molar-refractivity contribution < 1.29 is 37.4 Å². The zero-order chi connectivity index (χ0) is 16.9. The van der Waals surface area contributed by atoms with E-state index in [1.165, 1.54) is 6.07 Å². The molecule has 0 spiro atoms. The third kappa shape index (κ3) is 4.44. The summed E-state index contributed by atoms with van der Waals surface area (Å²) in [5.41, 5.74) is -1.82. The fourth-order valence-electron chi connectivity index (χ4n) is 1.59. The summed E-state index contributed by atoms with van der Waals surface area (Å²) in [5, 5.41) is 9.13. The molecule has 0 aliphatic heterocycles. The predicted octanol–water partition coefficient (Wildman–Crippen LogP) is 2.46. The second kappa shape index (κ2) is 6.88. The Labute approximate surface area is 123 Å². The number of aliphatic hydroxyl groups excluding tert-OH is 1. The quantitative estimate of drug-likeness (QED) is 0.297. The molecule has 1 N–H and O–H groups in total. The molecule has 1 rings (SSSR count). The van der Waals surface area contributed by atoms with E-state index in [4.69, 9.17) is 5.11 Å². The number of aliphatic hydroxyl groups is 1. The standard InChI is InChI=1S/C14H11F3O5/c1-22-13(21)12(20)7-8(18)6-11(19)9-4-2-3-5-10(9)14(15,16)17/h2-5,7,20H,6H2,1H3/b12-7-. The summed E-state index contributed by atoms with van der Waals surface area (Å²) in [4.78, 5) is 34.1. The monoisotopic (exact) mass is 316 g/mol. The summed E-state index contributed by atoms with van der Waals surface area (Å²) in [6.07, 6.45) is -5.23. The molecule has 0 amide bonds. The first-order chi connectivity index (χ1) is 10.2. The smallest absolute Gasteiger partial charge is 0.417 e. The lowest BCUT2D eigenvalue weighted by atomic mass is 9.99. The minimum atomic E-state index is -4.74. The van der Waals surface area contributed by atoms with Gasteiger partial charge < -0.3 is 9.84 Å². The summed E-state index contributed by atoms with van der Waals surface area (Å²) in [7, 11) is 0.960. The van der Waals surface area contributed by atoms with Crippen molar-refractivity contribution in [1.82, 2.24) is 0 Å². The van der Waals surface area contributed by atoms with E-state index >= 15 is 0 Å². The number of esters is 1. The number of methoxy groups -OCH3 is 1. The minimum absolute atomic E-state index is 0.430. The number of benzene rings is 1. The normalized spacial score (nSPS) is 11.9. The van der Waals surface area contributed by atoms with E-state index in [2.05, 4.69) is 4.74 Å². The third-order valence-corrected chi connectivity index (χ3v) is 2.56. The maximum Gasteiger partial charge on any atom is 0.417 e. The van der Waals surface area contributed by atoms with Gasteiger partial charge in [0.05, 0.1) is 19.1 Å². The second-order valence-electron chi connectivity index (χ2n) is 4.13. The zero-order valence-corrected chi connectivity index (χ0v) is 11.3. The van der Waals surface area contributed by atoms with E-state index in [1.807, 2.05) is 0 Å². The first-order valence-corrected chi connectivity index (χ1v) is 5.88. The number of carbonyl (C=O) groups is 3. The summed E-state index contributed by atoms with van der Waals surface area (Å²) in [6.45, 7) is 0. The Morgan fingerprint density at radius 1 is 1.23 bits per heavy atom. The van der Waals surface area contributed by atoms with Crippen molar-refractivity contribution in [3.8, 4) is 0 Å². The second-order valence-corrected chi connectivity index (χ2v) is 4.13. The fraction of sp³-hybridized carbons (Fsp3) is 0.214. The molecule has 22 heavy (non-hydrogen) atoms. The van der Waals surface area contributed by atoms with Crippen LogP contribution in [0.15, 0.2) is 36.1 Å². The number of alkyl halides is 3. The van der Waals surface area contributed by atoms with Gasteiger partial charge in [-0.25, -0.2) is 4.79 Å². The summed E-state index contributed by atoms with van der Waals surface area (Å²) < 4.78 is 42.4. The molecule has 0 aliphatic carbocycles. The van der Waals surface area contributed by atoms with Gasteiger partial charge in [-0.3, -0.25) is 9.59 Å². The highest BCUT2D eigenvalue weighted by molar-refractivity contribution is 6.13. The van der Waals surface area contributed by atoms with Crippen molar-refractivity contribution in [2.45, 2.75) is 12.6 Å². The molecule has 0 aromatic heterocycles. The molecular formula is C14H11F3O5. The Hall–Kier alpha value is -2.64. The van der Waals surface area contributed by atoms with E-state index in [0.717, 1.165) is 25.3 Å². The van der Waals surface area contributed by atoms with E-state index < -0.39 is 47.0 Å². The molecule has 0 aliphatic rings. The highest BCUT2D eigenvalue weighted by Crippen LogP contribution is 2.32. The maximum atomic E-state index is 12.8. The van der Waals surface area contributed by atoms with Crippen molar-refractivity contribution in [3.63, 3.8) is 0 Å². The summed E-state index contributed by atoms with van der Waals surface area (Å²) in [6, 6.07) is 4.01. The van der Waals surface area contributed by atoms with Gasteiger partial charge in [0, 0.05) is 11.6 Å². The van der Waals surface area contributed by atoms with E-state index in [0.29, 0.717) is 6.08 Å². The van der Waals surface area contributed by atoms with Crippen LogP contribution in [0.25, 0.3) is 0 Å². The highest BCUT2D eigenvalue weighted by Gasteiger charge is 2.34. The minimum Gasteiger partial charge on any atom is -0.502 e. The average Bonchev–Trinajstić information content (AvgIpc) is 2.45. The van der Waals surface area contributed by atoms with E-state index in [9.17, 15) is 27.6 Å². The number of allylic oxidation sites excluding steroid dienone is 1. The lowest BCUT2D eigenvalue weighted by Gasteiger charge is -2.11. The van der Waals surface area contributed by atoms with Gasteiger partial charge in [-0.05, 0) is 6.07 Å². The molecule has 118 valence electrons. The van der Waals surface area contributed by atoms with Crippen molar-refractivity contribution in [1.29, 1.82) is 0 Å². The van der Waals surface area contributed by atoms with Gasteiger partial charge in [-0.2, -0.15) is 13.2 Å². The molecule has 0 saturated heterocycles. The van der Waals surface area contributed by atoms with Gasteiger partial charge in [0.2, 0.25) is 5.76 Å². The number of carbonyl (C=O) groups excluding carboxylic acids is 3. The van der Waals surface area contributed by atoms with Crippen LogP contribution in [0.5, 0.6) is 0 Å². The lowest BCUT2D eigenvalue weighted by Crippen LogP contribution is -2.15. The maximum absolute atomic E-state index is 12.8. The molecule has 0 radical (unpaired) electrons. The first kappa shape index (κ1) is 17.4. The molecule has 1 aromatic rings. The summed E-state index contributed by atoms with van der Waals surface area (Å²) >= 11 is 0. The van der Waals surface area contributed by atoms with Crippen LogP contribution < -0.4 is 0 Å². The average molecular weight is 316 g/mol. The SMILES string of the molecule is COC(=O)/C(O)=C/C(=O)CC(=O)c1ccccc1C(F)(F)F. The number of Topliss-reactive ketones (excluding diaryl/α,β-unsaturated/α-hetero) is 1. The van der Waals surface area contributed by atoms with Crippen molar-refractivity contribution in [3.05, 3.63) is 47.2 Å². The molecule has 0 atom stereocenters. The van der Waals surface area contributed by atoms with Gasteiger partial charge >= 0.3 is 12.1 Å². The lowest BCUT2D eigenvalue weighted by molar-refractivity contribution is -0.139. The first-order valence-electron chi connectivity index (χ1n) is 5.88. The van der Waals surface area contributed by atoms with Crippen LogP contribution in [0.1, 0.15) is 22.3 Å². The van der Waals surface area contributed by atoms with Gasteiger partial charge in [0.15, 0.2) is 11.6 Å². The molecule has 0 unspecified atom stereocenters. The van der Waals surface area contributed by atoms with Crippen LogP contribution in [-0.2, 0) is 20.5 Å². The Bertz CT molecular complexity index is 632. The van der Waals surface area contributed by atoms with Crippen molar-refractivity contribution in [2.75, 3.05) is 7.11 Å². The number of hydrogen-bond acceptors (Lipinski definition) is 5. The molecule has 0 saturated carbocycles. The van der Waals surface area contributed by atoms with Crippen LogP contribution in [0.4, 0.5) is 13.2 Å². The Kier molecular flexibility index (Phi) is 5.44. The molecular weight excluding hydrogens is 305 g/mol. The fourth-order valence-corrected chi connectivity index (χ4v) is 1.59. The Morgan fingerprint density at radius 2 is 1.82 bits per heavy atom. The number of halogens is 3. The van der Waals surface area contributed by atoms with Crippen LogP contribution in [0.2, 0.25) is 0 Å². The molecule has 8 heteroatoms. The van der Waals surface area contributed by atoms with E-state index in [1.54, 1.807) is 0 Å². The van der Waals surface area contributed by atoms with Crippen molar-refractivity contribution >= 4 is 17.5 Å². The predicted molar refractivity (Wildman–Crippen MR) is 68.1 cm³/mol. The van der Waals surface area contributed by atoms with E-state index in [-0.39, 0.29) is 0 Å². The molecule has 0 bridgehead atoms. The number of ketones is 2. The van der Waals surface area contributed by atoms with Crippen LogP contribution in [0, 0.1) is 0 Å². The number of hydrogen-bond donors (Lipinski definition) is 1. The van der Waals surface area contributed by atoms with Crippen molar-refractivity contribution in [2.24, 2.45) is 0 Å². The van der Waals surface area contributed by atoms with Crippen LogP contribution in [0.3, 0.4) is 0 Å². The van der Waals surface area contributed by atoms with Crippen LogP contribution >= 0.6 is 0 Å². The molecule has 0 heterocycles. The molecule has 5 nitrogen and oxygen atoms in total. The topological polar surface area (TPSA) is 80.7 Å². The Balaban J connectivity index is 2.96. The molecule has 1 aromatic carbocycles. The third-order valence-electron chi connectivity index (χ3n) is 2.56. The summed E-state index contributed by atoms with van der Waals surface area (Å²) in [5.74, 6) is -4.34. The number of rotatable bonds is 5. The van der Waals surface area contributed by atoms with Gasteiger partial charge in [0.25, 0.3) is 0 Å². The van der Waals surface area contributed by atoms with Crippen LogP contribution in [-0.4, -0.2) is 29.8 Å². The Morgan fingerprint density at radius 3 is 2.36 bits per heavy atom. The number of ether oxygens (including phenoxy) is 1. The molecule has 0 fully saturated rings. The van der Waals surface area contributed by atoms with Gasteiger partial charge in [-0.1, -0.05) is 18.2 Å². The highest BCUT2D eigenvalue weighted by atomic mass is 19.4. The van der Waals surface area contributed by atoms with Gasteiger partial charge in [0.1, 0.15) is 0 Å². The van der Waals surface area contributed by atoms with Gasteiger partial charge in [-0.15, -0.1) is 0 Å². The largest absolute Gasteiger partial charge is 0.502 e.